The van der Waals surface area contributed by atoms with Crippen molar-refractivity contribution in [2.24, 2.45) is 4.99 Å². The number of allylic oxidation sites excluding steroid dienone is 2. The van der Waals surface area contributed by atoms with E-state index in [-0.39, 0.29) is 0 Å². The van der Waals surface area contributed by atoms with Crippen molar-refractivity contribution in [3.8, 4) is 11.4 Å². The highest BCUT2D eigenvalue weighted by Gasteiger charge is 2.19. The van der Waals surface area contributed by atoms with Crippen LogP contribution < -0.4 is 5.48 Å². The molecule has 1 heterocycles. The van der Waals surface area contributed by atoms with E-state index < -0.39 is 0 Å². The van der Waals surface area contributed by atoms with Gasteiger partial charge in [0.1, 0.15) is 6.34 Å². The van der Waals surface area contributed by atoms with Gasteiger partial charge in [-0.05, 0) is 38.7 Å². The minimum atomic E-state index is 0.522. The molecular weight excluding hydrogens is 292 g/mol. The van der Waals surface area contributed by atoms with Gasteiger partial charge in [0, 0.05) is 11.1 Å². The zero-order valence-electron chi connectivity index (χ0n) is 13.1. The summed E-state index contributed by atoms with van der Waals surface area (Å²) in [5, 5.41) is 12.8. The van der Waals surface area contributed by atoms with Crippen LogP contribution in [0.3, 0.4) is 0 Å². The molecule has 1 aliphatic rings. The molecule has 0 spiro atoms. The van der Waals surface area contributed by atoms with E-state index in [9.17, 15) is 0 Å². The van der Waals surface area contributed by atoms with Crippen molar-refractivity contribution in [2.45, 2.75) is 39.0 Å². The van der Waals surface area contributed by atoms with Crippen molar-refractivity contribution in [3.05, 3.63) is 41.4 Å². The van der Waals surface area contributed by atoms with E-state index in [1.54, 1.807) is 0 Å². The number of rotatable bonds is 4. The lowest BCUT2D eigenvalue weighted by Crippen LogP contribution is -2.02. The van der Waals surface area contributed by atoms with Crippen LogP contribution in [0.2, 0.25) is 0 Å². The maximum Gasteiger partial charge on any atom is 0.256 e. The molecule has 1 aromatic heterocycles. The van der Waals surface area contributed by atoms with Crippen LogP contribution in [0.5, 0.6) is 0 Å². The molecule has 0 saturated carbocycles. The normalized spacial score (nSPS) is 15.9. The number of nitrogens with zero attached hydrogens (tertiary/aromatic N) is 3. The Kier molecular flexibility index (Phi) is 4.83. The number of hydroxylamine groups is 1. The zero-order chi connectivity index (χ0) is 16.1. The molecule has 1 aliphatic carbocycles. The van der Waals surface area contributed by atoms with Crippen LogP contribution in [0.4, 0.5) is 0 Å². The second-order valence-electron chi connectivity index (χ2n) is 5.67. The van der Waals surface area contributed by atoms with Crippen LogP contribution in [0, 0.1) is 6.92 Å². The molecule has 120 valence electrons. The monoisotopic (exact) mass is 312 g/mol. The van der Waals surface area contributed by atoms with E-state index in [1.165, 1.54) is 6.34 Å². The molecule has 0 amide bonds. The van der Waals surface area contributed by atoms with E-state index in [0.717, 1.165) is 54.5 Å². The number of nitrogens with one attached hydrogen (secondary N) is 1. The second kappa shape index (κ2) is 7.19. The average molecular weight is 312 g/mol. The first kappa shape index (κ1) is 15.4. The average Bonchev–Trinajstić information content (AvgIpc) is 2.93. The van der Waals surface area contributed by atoms with Gasteiger partial charge in [-0.25, -0.2) is 4.99 Å². The summed E-state index contributed by atoms with van der Waals surface area (Å²) in [5.41, 5.74) is 5.91. The Labute approximate surface area is 134 Å². The van der Waals surface area contributed by atoms with Crippen LogP contribution in [0.1, 0.15) is 43.6 Å². The zero-order valence-corrected chi connectivity index (χ0v) is 13.1. The second-order valence-corrected chi connectivity index (χ2v) is 5.67. The van der Waals surface area contributed by atoms with E-state index >= 15 is 0 Å². The SMILES string of the molecule is Cc1cccc(-c2noc(C3=C(N=CNO)CCCCC3)n2)c1. The molecule has 0 saturated heterocycles. The first-order chi connectivity index (χ1) is 11.3. The van der Waals surface area contributed by atoms with E-state index in [2.05, 4.69) is 15.1 Å². The molecule has 0 unspecified atom stereocenters. The molecule has 6 heteroatoms. The van der Waals surface area contributed by atoms with Gasteiger partial charge >= 0.3 is 0 Å². The first-order valence-electron chi connectivity index (χ1n) is 7.83. The van der Waals surface area contributed by atoms with E-state index in [4.69, 9.17) is 9.73 Å². The maximum atomic E-state index is 8.73. The van der Waals surface area contributed by atoms with E-state index in [0.29, 0.717) is 11.7 Å². The Balaban J connectivity index is 1.96. The Morgan fingerprint density at radius 2 is 2.13 bits per heavy atom. The van der Waals surface area contributed by atoms with Crippen molar-refractivity contribution in [1.29, 1.82) is 0 Å². The van der Waals surface area contributed by atoms with Crippen LogP contribution in [-0.2, 0) is 0 Å². The van der Waals surface area contributed by atoms with Crippen LogP contribution in [0.25, 0.3) is 17.0 Å². The Bertz CT molecular complexity index is 734. The number of benzene rings is 1. The lowest BCUT2D eigenvalue weighted by molar-refractivity contribution is 0.239. The van der Waals surface area contributed by atoms with Gasteiger partial charge in [-0.3, -0.25) is 10.7 Å². The molecule has 2 N–H and O–H groups in total. The summed E-state index contributed by atoms with van der Waals surface area (Å²) < 4.78 is 5.49. The van der Waals surface area contributed by atoms with Gasteiger partial charge in [0.05, 0.1) is 5.70 Å². The third-order valence-corrected chi connectivity index (χ3v) is 3.93. The van der Waals surface area contributed by atoms with Crippen molar-refractivity contribution in [2.75, 3.05) is 0 Å². The van der Waals surface area contributed by atoms with Gasteiger partial charge < -0.3 is 4.52 Å². The summed E-state index contributed by atoms with van der Waals surface area (Å²) >= 11 is 0. The smallest absolute Gasteiger partial charge is 0.256 e. The number of aryl methyl sites for hydroxylation is 1. The lowest BCUT2D eigenvalue weighted by Gasteiger charge is -2.03. The summed E-state index contributed by atoms with van der Waals surface area (Å²) in [6, 6.07) is 8.02. The molecule has 2 aromatic rings. The van der Waals surface area contributed by atoms with Crippen LogP contribution >= 0.6 is 0 Å². The lowest BCUT2D eigenvalue weighted by atomic mass is 10.1. The fourth-order valence-electron chi connectivity index (χ4n) is 2.79. The number of aliphatic imine (C=N–C) groups is 1. The molecule has 0 aliphatic heterocycles. The highest BCUT2D eigenvalue weighted by atomic mass is 16.5. The molecule has 0 atom stereocenters. The minimum Gasteiger partial charge on any atom is -0.334 e. The van der Waals surface area contributed by atoms with Gasteiger partial charge in [-0.2, -0.15) is 4.98 Å². The summed E-state index contributed by atoms with van der Waals surface area (Å²) in [7, 11) is 0. The summed E-state index contributed by atoms with van der Waals surface area (Å²) in [6.07, 6.45) is 6.26. The number of aromatic nitrogens is 2. The Morgan fingerprint density at radius 3 is 2.96 bits per heavy atom. The number of hydrogen-bond acceptors (Lipinski definition) is 5. The Morgan fingerprint density at radius 1 is 1.26 bits per heavy atom. The Hall–Kier alpha value is -2.47. The molecule has 3 rings (SSSR count). The van der Waals surface area contributed by atoms with Gasteiger partial charge in [0.15, 0.2) is 0 Å². The van der Waals surface area contributed by atoms with Crippen LogP contribution in [-0.4, -0.2) is 21.7 Å². The summed E-state index contributed by atoms with van der Waals surface area (Å²) in [5.74, 6) is 1.11. The molecule has 1 aromatic carbocycles. The largest absolute Gasteiger partial charge is 0.334 e. The fraction of sp³-hybridized carbons (Fsp3) is 0.353. The van der Waals surface area contributed by atoms with Crippen molar-refractivity contribution < 1.29 is 9.73 Å². The van der Waals surface area contributed by atoms with Gasteiger partial charge in [0.2, 0.25) is 5.82 Å². The first-order valence-corrected chi connectivity index (χ1v) is 7.83. The summed E-state index contributed by atoms with van der Waals surface area (Å²) in [6.45, 7) is 2.03. The third kappa shape index (κ3) is 3.65. The maximum absolute atomic E-state index is 8.73. The molecule has 0 fully saturated rings. The molecule has 6 nitrogen and oxygen atoms in total. The van der Waals surface area contributed by atoms with Gasteiger partial charge in [-0.1, -0.05) is 35.3 Å². The fourth-order valence-corrected chi connectivity index (χ4v) is 2.79. The minimum absolute atomic E-state index is 0.522. The predicted molar refractivity (Wildman–Crippen MR) is 87.9 cm³/mol. The van der Waals surface area contributed by atoms with Crippen molar-refractivity contribution >= 4 is 11.9 Å². The standard InChI is InChI=1S/C17H20N4O2/c1-12-6-5-7-13(10-12)16-20-17(23-21-16)14-8-3-2-4-9-15(14)18-11-19-22/h5-7,10-11,22H,2-4,8-9H2,1H3,(H,18,19). The molecular formula is C17H20N4O2. The van der Waals surface area contributed by atoms with Crippen molar-refractivity contribution in [3.63, 3.8) is 0 Å². The quantitative estimate of drug-likeness (QED) is 0.510. The molecule has 23 heavy (non-hydrogen) atoms. The van der Waals surface area contributed by atoms with Crippen molar-refractivity contribution in [1.82, 2.24) is 15.6 Å². The topological polar surface area (TPSA) is 83.5 Å². The third-order valence-electron chi connectivity index (χ3n) is 3.93. The highest BCUT2D eigenvalue weighted by Crippen LogP contribution is 2.32. The van der Waals surface area contributed by atoms with E-state index in [1.807, 2.05) is 36.7 Å². The highest BCUT2D eigenvalue weighted by molar-refractivity contribution is 5.67. The van der Waals surface area contributed by atoms with Gasteiger partial charge in [-0.15, -0.1) is 0 Å². The summed E-state index contributed by atoms with van der Waals surface area (Å²) in [4.78, 5) is 8.83. The molecule has 0 bridgehead atoms. The predicted octanol–water partition coefficient (Wildman–Crippen LogP) is 3.73. The van der Waals surface area contributed by atoms with Gasteiger partial charge in [0.25, 0.3) is 5.89 Å². The number of hydrogen-bond donors (Lipinski definition) is 2. The molecule has 0 radical (unpaired) electrons. The van der Waals surface area contributed by atoms with Crippen LogP contribution in [0.15, 0.2) is 39.5 Å².